The largest absolute Gasteiger partial charge is 0.393 e. The van der Waals surface area contributed by atoms with Gasteiger partial charge in [-0.1, -0.05) is 0 Å². The Hall–Kier alpha value is -2.26. The number of aliphatic hydroxyl groups excluding tert-OH is 1. The van der Waals surface area contributed by atoms with E-state index in [-0.39, 0.29) is 18.1 Å². The number of aliphatic hydroxyl groups is 1. The van der Waals surface area contributed by atoms with E-state index >= 15 is 0 Å². The molecular formula is C10H14N8O. The molecule has 0 radical (unpaired) electrons. The highest BCUT2D eigenvalue weighted by Crippen LogP contribution is 2.23. The number of nitrogens with one attached hydrogen (secondary N) is 2. The zero-order chi connectivity index (χ0) is 13.2. The average molecular weight is 262 g/mol. The molecule has 0 spiro atoms. The molecular weight excluding hydrogens is 248 g/mol. The Morgan fingerprint density at radius 2 is 2.05 bits per heavy atom. The normalized spacial score (nSPS) is 21.8. The zero-order valence-corrected chi connectivity index (χ0v) is 10.1. The molecule has 3 rings (SSSR count). The van der Waals surface area contributed by atoms with E-state index in [1.807, 2.05) is 0 Å². The molecule has 0 saturated heterocycles. The molecule has 0 aliphatic heterocycles. The van der Waals surface area contributed by atoms with Crippen LogP contribution in [0.25, 0.3) is 5.95 Å². The van der Waals surface area contributed by atoms with Crippen LogP contribution in [0.15, 0.2) is 18.7 Å². The van der Waals surface area contributed by atoms with E-state index in [2.05, 4.69) is 30.7 Å². The molecule has 0 aromatic carbocycles. The van der Waals surface area contributed by atoms with Crippen molar-refractivity contribution < 1.29 is 5.11 Å². The van der Waals surface area contributed by atoms with Crippen molar-refractivity contribution in [1.29, 1.82) is 0 Å². The fourth-order valence-corrected chi connectivity index (χ4v) is 1.87. The van der Waals surface area contributed by atoms with Crippen LogP contribution >= 0.6 is 0 Å². The molecule has 0 atom stereocenters. The van der Waals surface area contributed by atoms with Gasteiger partial charge >= 0.3 is 0 Å². The van der Waals surface area contributed by atoms with Gasteiger partial charge in [0, 0.05) is 18.4 Å². The Kier molecular flexibility index (Phi) is 2.97. The Bertz CT molecular complexity index is 551. The topological polar surface area (TPSA) is 127 Å². The molecule has 19 heavy (non-hydrogen) atoms. The Labute approximate surface area is 108 Å². The Morgan fingerprint density at radius 1 is 1.26 bits per heavy atom. The van der Waals surface area contributed by atoms with E-state index in [0.29, 0.717) is 24.7 Å². The first-order valence-electron chi connectivity index (χ1n) is 5.90. The molecule has 0 unspecified atom stereocenters. The highest BCUT2D eigenvalue weighted by molar-refractivity contribution is 5.38. The lowest BCUT2D eigenvalue weighted by Crippen LogP contribution is -2.39. The summed E-state index contributed by atoms with van der Waals surface area (Å²) in [6, 6.07) is 0.179. The van der Waals surface area contributed by atoms with Gasteiger partial charge in [-0.05, 0) is 12.8 Å². The van der Waals surface area contributed by atoms with Gasteiger partial charge in [0.05, 0.1) is 6.10 Å². The van der Waals surface area contributed by atoms with Gasteiger partial charge < -0.3 is 10.4 Å². The van der Waals surface area contributed by atoms with Crippen LogP contribution in [0.2, 0.25) is 0 Å². The van der Waals surface area contributed by atoms with E-state index in [4.69, 9.17) is 5.84 Å². The molecule has 9 nitrogen and oxygen atoms in total. The van der Waals surface area contributed by atoms with Crippen molar-refractivity contribution in [2.24, 2.45) is 5.84 Å². The van der Waals surface area contributed by atoms with Crippen LogP contribution in [0.1, 0.15) is 12.8 Å². The van der Waals surface area contributed by atoms with E-state index < -0.39 is 0 Å². The number of hydrogen-bond acceptors (Lipinski definition) is 8. The quantitative estimate of drug-likeness (QED) is 0.420. The number of nitrogen functional groups attached to an aromatic ring is 1. The third-order valence-corrected chi connectivity index (χ3v) is 2.93. The van der Waals surface area contributed by atoms with E-state index in [1.165, 1.54) is 0 Å². The molecule has 2 aromatic heterocycles. The lowest BCUT2D eigenvalue weighted by molar-refractivity contribution is 0.0834. The van der Waals surface area contributed by atoms with Crippen LogP contribution in [-0.2, 0) is 0 Å². The smallest absolute Gasteiger partial charge is 0.243 e. The molecule has 5 N–H and O–H groups in total. The van der Waals surface area contributed by atoms with Gasteiger partial charge in [0.1, 0.15) is 6.33 Å². The van der Waals surface area contributed by atoms with Gasteiger partial charge in [-0.2, -0.15) is 15.0 Å². The fraction of sp³-hybridized carbons (Fsp3) is 0.400. The summed E-state index contributed by atoms with van der Waals surface area (Å²) >= 11 is 0. The number of rotatable bonds is 4. The third-order valence-electron chi connectivity index (χ3n) is 2.93. The first-order valence-corrected chi connectivity index (χ1v) is 5.90. The molecule has 0 bridgehead atoms. The van der Waals surface area contributed by atoms with Gasteiger partial charge in [0.2, 0.25) is 17.8 Å². The molecule has 2 heterocycles. The maximum Gasteiger partial charge on any atom is 0.243 e. The predicted molar refractivity (Wildman–Crippen MR) is 67.4 cm³/mol. The SMILES string of the molecule is NNc1nc(NC2CC(O)C2)nc(-n2ccnc2)n1. The van der Waals surface area contributed by atoms with Gasteiger partial charge in [0.25, 0.3) is 0 Å². The lowest BCUT2D eigenvalue weighted by atomic mass is 9.90. The molecule has 1 aliphatic rings. The van der Waals surface area contributed by atoms with Crippen LogP contribution in [0.5, 0.6) is 0 Å². The van der Waals surface area contributed by atoms with Crippen molar-refractivity contribution in [3.63, 3.8) is 0 Å². The summed E-state index contributed by atoms with van der Waals surface area (Å²) in [6.07, 6.45) is 6.10. The number of anilines is 2. The third kappa shape index (κ3) is 2.46. The van der Waals surface area contributed by atoms with Crippen molar-refractivity contribution >= 4 is 11.9 Å². The molecule has 0 amide bonds. The van der Waals surface area contributed by atoms with Gasteiger partial charge in [0.15, 0.2) is 0 Å². The first kappa shape index (κ1) is 11.8. The number of hydrogen-bond donors (Lipinski definition) is 4. The van der Waals surface area contributed by atoms with Crippen LogP contribution in [0.3, 0.4) is 0 Å². The molecule has 9 heteroatoms. The summed E-state index contributed by atoms with van der Waals surface area (Å²) in [6.45, 7) is 0. The first-order chi connectivity index (χ1) is 9.24. The zero-order valence-electron chi connectivity index (χ0n) is 10.1. The summed E-state index contributed by atoms with van der Waals surface area (Å²) in [5.41, 5.74) is 2.40. The highest BCUT2D eigenvalue weighted by atomic mass is 16.3. The van der Waals surface area contributed by atoms with Crippen molar-refractivity contribution in [3.05, 3.63) is 18.7 Å². The van der Waals surface area contributed by atoms with Crippen LogP contribution in [0.4, 0.5) is 11.9 Å². The summed E-state index contributed by atoms with van der Waals surface area (Å²) in [4.78, 5) is 16.5. The van der Waals surface area contributed by atoms with Crippen molar-refractivity contribution in [3.8, 4) is 5.95 Å². The summed E-state index contributed by atoms with van der Waals surface area (Å²) < 4.78 is 1.66. The molecule has 1 fully saturated rings. The predicted octanol–water partition coefficient (Wildman–Crippen LogP) is -0.722. The average Bonchev–Trinajstić information content (AvgIpc) is 2.90. The van der Waals surface area contributed by atoms with Crippen molar-refractivity contribution in [2.75, 3.05) is 10.7 Å². The Balaban J connectivity index is 1.85. The minimum atomic E-state index is -0.237. The second-order valence-electron chi connectivity index (χ2n) is 4.36. The second-order valence-corrected chi connectivity index (χ2v) is 4.36. The maximum atomic E-state index is 9.26. The van der Waals surface area contributed by atoms with E-state index in [9.17, 15) is 5.11 Å². The summed E-state index contributed by atoms with van der Waals surface area (Å²) in [7, 11) is 0. The van der Waals surface area contributed by atoms with Crippen LogP contribution in [-0.4, -0.2) is 41.8 Å². The van der Waals surface area contributed by atoms with Gasteiger partial charge in [-0.3, -0.25) is 9.99 Å². The highest BCUT2D eigenvalue weighted by Gasteiger charge is 2.27. The Morgan fingerprint density at radius 3 is 2.68 bits per heavy atom. The van der Waals surface area contributed by atoms with Crippen LogP contribution < -0.4 is 16.6 Å². The molecule has 1 saturated carbocycles. The summed E-state index contributed by atoms with van der Waals surface area (Å²) in [5, 5.41) is 12.4. The van der Waals surface area contributed by atoms with Crippen molar-refractivity contribution in [1.82, 2.24) is 24.5 Å². The number of aromatic nitrogens is 5. The molecule has 100 valence electrons. The second kappa shape index (κ2) is 4.78. The van der Waals surface area contributed by atoms with E-state index in [1.54, 1.807) is 23.3 Å². The minimum absolute atomic E-state index is 0.179. The van der Waals surface area contributed by atoms with Gasteiger partial charge in [-0.15, -0.1) is 0 Å². The number of hydrazine groups is 1. The fourth-order valence-electron chi connectivity index (χ4n) is 1.87. The monoisotopic (exact) mass is 262 g/mol. The summed E-state index contributed by atoms with van der Waals surface area (Å²) in [5.74, 6) is 6.45. The number of nitrogens with zero attached hydrogens (tertiary/aromatic N) is 5. The molecule has 1 aliphatic carbocycles. The lowest BCUT2D eigenvalue weighted by Gasteiger charge is -2.31. The molecule has 2 aromatic rings. The van der Waals surface area contributed by atoms with Crippen LogP contribution in [0, 0.1) is 0 Å². The maximum absolute atomic E-state index is 9.26. The van der Waals surface area contributed by atoms with Gasteiger partial charge in [-0.25, -0.2) is 10.8 Å². The standard InChI is InChI=1S/C10H14N8O/c11-17-9-14-8(13-6-3-7(19)4-6)15-10(16-9)18-2-1-12-5-18/h1-2,5-7,19H,3-4,11H2,(H2,13,14,15,16,17). The number of imidazole rings is 1. The van der Waals surface area contributed by atoms with E-state index in [0.717, 1.165) is 0 Å². The number of nitrogens with two attached hydrogens (primary N) is 1. The minimum Gasteiger partial charge on any atom is -0.393 e. The van der Waals surface area contributed by atoms with Crippen molar-refractivity contribution in [2.45, 2.75) is 25.0 Å².